The van der Waals surface area contributed by atoms with Gasteiger partial charge in [0, 0.05) is 36.4 Å². The van der Waals surface area contributed by atoms with Crippen LogP contribution < -0.4 is 5.32 Å². The molecule has 0 radical (unpaired) electrons. The third-order valence-electron chi connectivity index (χ3n) is 12.6. The normalized spacial score (nSPS) is 37.4. The minimum absolute atomic E-state index is 0.0428. The van der Waals surface area contributed by atoms with Crippen molar-refractivity contribution in [1.29, 1.82) is 0 Å². The minimum atomic E-state index is -0.248. The van der Waals surface area contributed by atoms with Crippen LogP contribution in [-0.4, -0.2) is 23.9 Å². The van der Waals surface area contributed by atoms with Crippen molar-refractivity contribution in [2.45, 2.75) is 129 Å². The average molecular weight is 545 g/mol. The molecule has 0 aromatic heterocycles. The Morgan fingerprint density at radius 1 is 0.900 bits per heavy atom. The second kappa shape index (κ2) is 10.1. The maximum atomic E-state index is 14.4. The smallest absolute Gasteiger partial charge is 0.224 e. The third kappa shape index (κ3) is 4.60. The number of carbonyl (C=O) groups is 2. The molecule has 1 heterocycles. The van der Waals surface area contributed by atoms with Crippen LogP contribution in [-0.2, 0) is 20.5 Å². The number of amides is 1. The summed E-state index contributed by atoms with van der Waals surface area (Å²) in [4.78, 5) is 31.7. The average Bonchev–Trinajstić information content (AvgIpc) is 3.10. The second-order valence-corrected chi connectivity index (χ2v) is 15.8. The first-order valence-corrected chi connectivity index (χ1v) is 16.4. The van der Waals surface area contributed by atoms with Crippen LogP contribution in [0.2, 0.25) is 0 Å². The highest BCUT2D eigenvalue weighted by atomic mass is 16.2. The summed E-state index contributed by atoms with van der Waals surface area (Å²) in [5.41, 5.74) is 3.84. The Balaban J connectivity index is 1.25. The Morgan fingerprint density at radius 3 is 2.27 bits per heavy atom. The number of benzene rings is 1. The predicted molar refractivity (Wildman–Crippen MR) is 162 cm³/mol. The van der Waals surface area contributed by atoms with Gasteiger partial charge in [-0.2, -0.15) is 0 Å². The lowest BCUT2D eigenvalue weighted by atomic mass is 9.49. The van der Waals surface area contributed by atoms with Crippen molar-refractivity contribution in [2.24, 2.45) is 39.5 Å². The highest BCUT2D eigenvalue weighted by Crippen LogP contribution is 2.64. The fourth-order valence-electron chi connectivity index (χ4n) is 10.1. The molecule has 1 amide bonds. The Kier molecular flexibility index (Phi) is 7.10. The van der Waals surface area contributed by atoms with Crippen molar-refractivity contribution in [3.63, 3.8) is 0 Å². The zero-order chi connectivity index (χ0) is 28.3. The van der Waals surface area contributed by atoms with E-state index in [2.05, 4.69) is 64.2 Å². The van der Waals surface area contributed by atoms with Gasteiger partial charge in [0.2, 0.25) is 5.91 Å². The monoisotopic (exact) mass is 544 g/mol. The van der Waals surface area contributed by atoms with Crippen LogP contribution in [0.15, 0.2) is 29.3 Å². The molecule has 1 aromatic carbocycles. The maximum absolute atomic E-state index is 14.4. The summed E-state index contributed by atoms with van der Waals surface area (Å²) >= 11 is 0. The molecule has 0 saturated heterocycles. The lowest BCUT2D eigenvalue weighted by molar-refractivity contribution is -0.134. The molecule has 0 bridgehead atoms. The van der Waals surface area contributed by atoms with E-state index >= 15 is 0 Å². The first-order valence-electron chi connectivity index (χ1n) is 16.4. The third-order valence-corrected chi connectivity index (χ3v) is 12.6. The Hall–Kier alpha value is -1.97. The molecule has 1 aliphatic heterocycles. The van der Waals surface area contributed by atoms with Crippen LogP contribution in [0.25, 0.3) is 0 Å². The largest absolute Gasteiger partial charge is 0.346 e. The molecule has 6 atom stereocenters. The number of carbonyl (C=O) groups excluding carboxylic acids is 2. The molecule has 4 heteroatoms. The fourth-order valence-corrected chi connectivity index (χ4v) is 10.1. The summed E-state index contributed by atoms with van der Waals surface area (Å²) < 4.78 is 0. The molecule has 4 nitrogen and oxygen atoms in total. The van der Waals surface area contributed by atoms with E-state index < -0.39 is 0 Å². The number of Topliss-reactive ketones (excluding diaryl/α,β-unsaturated/α-hetero) is 1. The summed E-state index contributed by atoms with van der Waals surface area (Å²) in [6.07, 6.45) is 13.7. The van der Waals surface area contributed by atoms with Gasteiger partial charge < -0.3 is 5.32 Å². The number of fused-ring (bicyclic) bond motifs is 5. The quantitative estimate of drug-likeness (QED) is 0.393. The van der Waals surface area contributed by atoms with Gasteiger partial charge in [0.15, 0.2) is 0 Å². The first-order chi connectivity index (χ1) is 19.0. The molecule has 4 aliphatic carbocycles. The van der Waals surface area contributed by atoms with E-state index in [0.717, 1.165) is 45.1 Å². The molecule has 6 rings (SSSR count). The van der Waals surface area contributed by atoms with Crippen LogP contribution in [0.1, 0.15) is 129 Å². The van der Waals surface area contributed by atoms with E-state index in [9.17, 15) is 9.59 Å². The number of rotatable bonds is 3. The Labute approximate surface area is 242 Å². The number of ketones is 1. The van der Waals surface area contributed by atoms with Crippen molar-refractivity contribution >= 4 is 17.4 Å². The van der Waals surface area contributed by atoms with Gasteiger partial charge in [-0.1, -0.05) is 84.6 Å². The fraction of sp³-hybridized carbons (Fsp3) is 0.750. The van der Waals surface area contributed by atoms with Gasteiger partial charge >= 0.3 is 0 Å². The first kappa shape index (κ1) is 28.2. The molecule has 1 aromatic rings. The summed E-state index contributed by atoms with van der Waals surface area (Å²) in [5.74, 6) is 2.47. The number of aliphatic imine (C=N–C) groups is 1. The number of hydrogen-bond acceptors (Lipinski definition) is 3. The second-order valence-electron chi connectivity index (χ2n) is 15.8. The van der Waals surface area contributed by atoms with Gasteiger partial charge in [0.05, 0.1) is 5.54 Å². The molecule has 218 valence electrons. The molecule has 4 saturated carbocycles. The summed E-state index contributed by atoms with van der Waals surface area (Å²) in [5, 5.41) is 3.77. The Bertz CT molecular complexity index is 1170. The summed E-state index contributed by atoms with van der Waals surface area (Å²) in [7, 11) is 0. The maximum Gasteiger partial charge on any atom is 0.224 e. The van der Waals surface area contributed by atoms with Crippen LogP contribution in [0.3, 0.4) is 0 Å². The van der Waals surface area contributed by atoms with Gasteiger partial charge in [-0.3, -0.25) is 14.6 Å². The van der Waals surface area contributed by atoms with E-state index in [1.54, 1.807) is 0 Å². The van der Waals surface area contributed by atoms with Gasteiger partial charge in [0.1, 0.15) is 5.78 Å². The molecule has 40 heavy (non-hydrogen) atoms. The number of nitrogens with one attached hydrogen (secondary N) is 1. The van der Waals surface area contributed by atoms with E-state index in [4.69, 9.17) is 4.99 Å². The van der Waals surface area contributed by atoms with E-state index in [-0.39, 0.29) is 27.7 Å². The van der Waals surface area contributed by atoms with E-state index in [1.165, 1.54) is 48.9 Å². The van der Waals surface area contributed by atoms with Crippen LogP contribution >= 0.6 is 0 Å². The van der Waals surface area contributed by atoms with E-state index in [1.807, 2.05) is 0 Å². The molecule has 4 fully saturated rings. The van der Waals surface area contributed by atoms with E-state index in [0.29, 0.717) is 42.3 Å². The molecule has 1 N–H and O–H groups in total. The highest BCUT2D eigenvalue weighted by Gasteiger charge is 2.60. The summed E-state index contributed by atoms with van der Waals surface area (Å²) in [6, 6.07) is 9.20. The van der Waals surface area contributed by atoms with Crippen molar-refractivity contribution in [3.8, 4) is 0 Å². The zero-order valence-electron chi connectivity index (χ0n) is 25.8. The lowest BCUT2D eigenvalue weighted by Crippen LogP contribution is -2.56. The van der Waals surface area contributed by atoms with Crippen LogP contribution in [0, 0.1) is 34.5 Å². The van der Waals surface area contributed by atoms with Crippen molar-refractivity contribution < 1.29 is 9.59 Å². The lowest BCUT2D eigenvalue weighted by Gasteiger charge is -2.56. The standard InChI is InChI=1S/C36H52N2O2/c1-33(2,3)24-10-12-25(13-11-24)36(18-8-6-7-9-19-36)38-32(40)30-15-14-28-27-23-37-31-22-26(39)16-20-35(31,5)29(27)17-21-34(28,30)4/h10-13,27-30H,6-9,14-23H2,1-5H3,(H,38,40)/t27-,28-,29+,30?,34-,35+/m0/s1. The number of nitrogens with zero attached hydrogens (tertiary/aromatic N) is 1. The Morgan fingerprint density at radius 2 is 1.60 bits per heavy atom. The molecular formula is C36H52N2O2. The molecule has 5 aliphatic rings. The molecule has 0 spiro atoms. The van der Waals surface area contributed by atoms with Crippen LogP contribution in [0.4, 0.5) is 0 Å². The topological polar surface area (TPSA) is 58.5 Å². The summed E-state index contributed by atoms with van der Waals surface area (Å²) in [6.45, 7) is 12.5. The van der Waals surface area contributed by atoms with Crippen molar-refractivity contribution in [2.75, 3.05) is 6.54 Å². The van der Waals surface area contributed by atoms with Gasteiger partial charge in [-0.15, -0.1) is 0 Å². The zero-order valence-corrected chi connectivity index (χ0v) is 25.8. The van der Waals surface area contributed by atoms with Gasteiger partial charge in [0.25, 0.3) is 0 Å². The van der Waals surface area contributed by atoms with Gasteiger partial charge in [-0.05, 0) is 84.7 Å². The van der Waals surface area contributed by atoms with Crippen molar-refractivity contribution in [3.05, 3.63) is 35.4 Å². The number of hydrogen-bond donors (Lipinski definition) is 1. The highest BCUT2D eigenvalue weighted by molar-refractivity contribution is 6.07. The predicted octanol–water partition coefficient (Wildman–Crippen LogP) is 7.92. The minimum Gasteiger partial charge on any atom is -0.346 e. The molecular weight excluding hydrogens is 492 g/mol. The van der Waals surface area contributed by atoms with Crippen LogP contribution in [0.5, 0.6) is 0 Å². The SMILES string of the molecule is CC(C)(C)c1ccc(C2(NC(=O)C3CC[C@H]4[C@@H]5CN=C6CC(=O)CC[C@]6(C)[C@@H]5CC[C@]34C)CCCCCC2)cc1. The van der Waals surface area contributed by atoms with Gasteiger partial charge in [-0.25, -0.2) is 0 Å². The molecule has 1 unspecified atom stereocenters. The van der Waals surface area contributed by atoms with Crippen molar-refractivity contribution in [1.82, 2.24) is 5.32 Å².